The quantitative estimate of drug-likeness (QED) is 0.834. The monoisotopic (exact) mass is 387 g/mol. The number of thioether (sulfide) groups is 2. The Balaban J connectivity index is 1.38. The number of para-hydroxylation sites is 2. The first-order valence-electron chi connectivity index (χ1n) is 8.77. The Morgan fingerprint density at radius 2 is 1.81 bits per heavy atom. The van der Waals surface area contributed by atoms with E-state index in [4.69, 9.17) is 9.47 Å². The molecule has 4 nitrogen and oxygen atoms in total. The molecule has 4 rings (SSSR count). The van der Waals surface area contributed by atoms with Gasteiger partial charge in [0.2, 0.25) is 0 Å². The summed E-state index contributed by atoms with van der Waals surface area (Å²) in [6.07, 6.45) is 0.773. The van der Waals surface area contributed by atoms with Crippen LogP contribution in [0, 0.1) is 0 Å². The van der Waals surface area contributed by atoms with Crippen molar-refractivity contribution in [3.05, 3.63) is 59.7 Å². The lowest BCUT2D eigenvalue weighted by atomic mass is 10.0. The average molecular weight is 388 g/mol. The highest BCUT2D eigenvalue weighted by Gasteiger charge is 2.24. The number of carbonyl (C=O) groups excluding carboxylic acids is 1. The van der Waals surface area contributed by atoms with Crippen LogP contribution >= 0.6 is 23.5 Å². The lowest BCUT2D eigenvalue weighted by molar-refractivity contribution is -0.124. The van der Waals surface area contributed by atoms with Crippen LogP contribution in [0.1, 0.15) is 28.2 Å². The third-order valence-electron chi connectivity index (χ3n) is 4.45. The van der Waals surface area contributed by atoms with E-state index < -0.39 is 0 Å². The number of rotatable bonds is 5. The van der Waals surface area contributed by atoms with Crippen LogP contribution in [-0.4, -0.2) is 30.6 Å². The Labute approximate surface area is 162 Å². The summed E-state index contributed by atoms with van der Waals surface area (Å²) in [4.78, 5) is 12.4. The smallest absolute Gasteiger partial charge is 0.258 e. The number of benzene rings is 2. The van der Waals surface area contributed by atoms with Gasteiger partial charge in [0.1, 0.15) is 11.5 Å². The maximum Gasteiger partial charge on any atom is 0.258 e. The molecule has 0 spiro atoms. The van der Waals surface area contributed by atoms with Gasteiger partial charge < -0.3 is 14.8 Å². The molecule has 2 heterocycles. The normalized spacial score (nSPS) is 19.5. The first-order valence-corrected chi connectivity index (χ1v) is 10.9. The van der Waals surface area contributed by atoms with Gasteiger partial charge in [-0.15, -0.1) is 23.5 Å². The molecule has 1 atom stereocenters. The number of nitrogens with one attached hydrogen (secondary N) is 1. The molecule has 6 heteroatoms. The molecule has 1 fully saturated rings. The van der Waals surface area contributed by atoms with Gasteiger partial charge in [-0.1, -0.05) is 36.4 Å². The van der Waals surface area contributed by atoms with E-state index in [1.807, 2.05) is 66.0 Å². The topological polar surface area (TPSA) is 47.6 Å². The Hall–Kier alpha value is -1.79. The van der Waals surface area contributed by atoms with Gasteiger partial charge >= 0.3 is 0 Å². The number of fused-ring (bicyclic) bond motifs is 1. The zero-order valence-electron chi connectivity index (χ0n) is 14.4. The summed E-state index contributed by atoms with van der Waals surface area (Å²) < 4.78 is 11.9. The van der Waals surface area contributed by atoms with Gasteiger partial charge in [0, 0.05) is 29.1 Å². The Kier molecular flexibility index (Phi) is 5.60. The molecule has 0 aliphatic carbocycles. The van der Waals surface area contributed by atoms with Crippen LogP contribution in [0.2, 0.25) is 0 Å². The first-order chi connectivity index (χ1) is 12.8. The van der Waals surface area contributed by atoms with Crippen molar-refractivity contribution in [1.29, 1.82) is 0 Å². The van der Waals surface area contributed by atoms with Crippen molar-refractivity contribution in [2.75, 3.05) is 24.7 Å². The molecule has 0 saturated carbocycles. The second-order valence-electron chi connectivity index (χ2n) is 6.20. The van der Waals surface area contributed by atoms with E-state index in [9.17, 15) is 4.79 Å². The molecule has 136 valence electrons. The third kappa shape index (κ3) is 3.96. The number of hydrogen-bond donors (Lipinski definition) is 1. The van der Waals surface area contributed by atoms with Crippen molar-refractivity contribution in [3.63, 3.8) is 0 Å². The third-order valence-corrected chi connectivity index (χ3v) is 7.52. The molecule has 0 unspecified atom stereocenters. The Morgan fingerprint density at radius 3 is 2.65 bits per heavy atom. The number of amides is 1. The van der Waals surface area contributed by atoms with Crippen molar-refractivity contribution < 1.29 is 14.3 Å². The van der Waals surface area contributed by atoms with Gasteiger partial charge in [0.15, 0.2) is 6.61 Å². The molecule has 2 aliphatic heterocycles. The number of ether oxygens (including phenoxy) is 2. The molecule has 0 aromatic heterocycles. The number of hydrogen-bond acceptors (Lipinski definition) is 5. The zero-order chi connectivity index (χ0) is 17.8. The minimum Gasteiger partial charge on any atom is -0.493 e. The zero-order valence-corrected chi connectivity index (χ0v) is 16.0. The summed E-state index contributed by atoms with van der Waals surface area (Å²) in [5, 5.41) is 3.08. The molecule has 1 saturated heterocycles. The van der Waals surface area contributed by atoms with Crippen LogP contribution in [-0.2, 0) is 4.79 Å². The SMILES string of the molecule is O=C(COc1ccccc1C1SCCS1)N[C@H]1CCOc2ccccc21. The summed E-state index contributed by atoms with van der Waals surface area (Å²) in [7, 11) is 0. The van der Waals surface area contributed by atoms with Crippen LogP contribution < -0.4 is 14.8 Å². The molecule has 1 N–H and O–H groups in total. The molecule has 0 bridgehead atoms. The largest absolute Gasteiger partial charge is 0.493 e. The minimum absolute atomic E-state index is 0.0211. The molecule has 2 aromatic carbocycles. The van der Waals surface area contributed by atoms with E-state index >= 15 is 0 Å². The predicted molar refractivity (Wildman–Crippen MR) is 107 cm³/mol. The van der Waals surface area contributed by atoms with Gasteiger partial charge in [-0.25, -0.2) is 0 Å². The van der Waals surface area contributed by atoms with Crippen molar-refractivity contribution in [2.45, 2.75) is 17.0 Å². The van der Waals surface area contributed by atoms with Crippen molar-refractivity contribution in [3.8, 4) is 11.5 Å². The molecule has 26 heavy (non-hydrogen) atoms. The second-order valence-corrected chi connectivity index (χ2v) is 8.92. The fourth-order valence-electron chi connectivity index (χ4n) is 3.22. The standard InChI is InChI=1S/C20H21NO3S2/c22-19(21-16-9-10-23-17-7-3-1-5-14(16)17)13-24-18-8-4-2-6-15(18)20-25-11-12-26-20/h1-8,16,20H,9-13H2,(H,21,22)/t16-/m0/s1. The van der Waals surface area contributed by atoms with E-state index in [0.29, 0.717) is 11.2 Å². The van der Waals surface area contributed by atoms with Crippen LogP contribution in [0.4, 0.5) is 0 Å². The number of carbonyl (C=O) groups is 1. The lowest BCUT2D eigenvalue weighted by Crippen LogP contribution is -2.35. The molecule has 2 aromatic rings. The van der Waals surface area contributed by atoms with E-state index in [1.54, 1.807) is 0 Å². The fraction of sp³-hybridized carbons (Fsp3) is 0.350. The maximum atomic E-state index is 12.4. The highest BCUT2D eigenvalue weighted by atomic mass is 32.2. The van der Waals surface area contributed by atoms with Crippen LogP contribution in [0.15, 0.2) is 48.5 Å². The Bertz CT molecular complexity index is 777. The lowest BCUT2D eigenvalue weighted by Gasteiger charge is -2.26. The molecule has 2 aliphatic rings. The highest BCUT2D eigenvalue weighted by molar-refractivity contribution is 8.19. The fourth-order valence-corrected chi connectivity index (χ4v) is 6.12. The van der Waals surface area contributed by atoms with Gasteiger partial charge in [0.25, 0.3) is 5.91 Å². The molecule has 0 radical (unpaired) electrons. The minimum atomic E-state index is -0.103. The first kappa shape index (κ1) is 17.6. The predicted octanol–water partition coefficient (Wildman–Crippen LogP) is 4.18. The van der Waals surface area contributed by atoms with Crippen molar-refractivity contribution in [1.82, 2.24) is 5.32 Å². The van der Waals surface area contributed by atoms with Gasteiger partial charge in [-0.2, -0.15) is 0 Å². The van der Waals surface area contributed by atoms with Crippen LogP contribution in [0.3, 0.4) is 0 Å². The van der Waals surface area contributed by atoms with Crippen LogP contribution in [0.25, 0.3) is 0 Å². The molecular weight excluding hydrogens is 366 g/mol. The summed E-state index contributed by atoms with van der Waals surface area (Å²) in [6, 6.07) is 15.9. The summed E-state index contributed by atoms with van der Waals surface area (Å²) in [5.41, 5.74) is 2.20. The van der Waals surface area contributed by atoms with Gasteiger partial charge in [0.05, 0.1) is 17.2 Å². The van der Waals surface area contributed by atoms with E-state index in [1.165, 1.54) is 5.56 Å². The van der Waals surface area contributed by atoms with E-state index in [-0.39, 0.29) is 18.6 Å². The van der Waals surface area contributed by atoms with Crippen LogP contribution in [0.5, 0.6) is 11.5 Å². The van der Waals surface area contributed by atoms with Gasteiger partial charge in [-0.05, 0) is 12.1 Å². The average Bonchev–Trinajstić information content (AvgIpc) is 3.21. The van der Waals surface area contributed by atoms with E-state index in [0.717, 1.165) is 35.0 Å². The van der Waals surface area contributed by atoms with E-state index in [2.05, 4.69) is 11.4 Å². The Morgan fingerprint density at radius 1 is 1.08 bits per heavy atom. The van der Waals surface area contributed by atoms with Gasteiger partial charge in [-0.3, -0.25) is 4.79 Å². The highest BCUT2D eigenvalue weighted by Crippen LogP contribution is 2.48. The molecular formula is C20H21NO3S2. The summed E-state index contributed by atoms with van der Waals surface area (Å²) in [5.74, 6) is 3.88. The molecule has 1 amide bonds. The van der Waals surface area contributed by atoms with Crippen molar-refractivity contribution >= 4 is 29.4 Å². The van der Waals surface area contributed by atoms with Crippen molar-refractivity contribution in [2.24, 2.45) is 0 Å². The summed E-state index contributed by atoms with van der Waals surface area (Å²) in [6.45, 7) is 0.639. The maximum absolute atomic E-state index is 12.4. The summed E-state index contributed by atoms with van der Waals surface area (Å²) >= 11 is 3.87. The second kappa shape index (κ2) is 8.27.